The number of anilines is 1. The molecule has 0 atom stereocenters. The van der Waals surface area contributed by atoms with Crippen molar-refractivity contribution in [2.75, 3.05) is 39.0 Å². The van der Waals surface area contributed by atoms with Crippen molar-refractivity contribution in [3.63, 3.8) is 0 Å². The van der Waals surface area contributed by atoms with Crippen LogP contribution in [0.2, 0.25) is 0 Å². The first-order valence-electron chi connectivity index (χ1n) is 6.35. The lowest BCUT2D eigenvalue weighted by molar-refractivity contribution is -0.137. The molecule has 2 amide bonds. The Morgan fingerprint density at radius 1 is 1.33 bits per heavy atom. The van der Waals surface area contributed by atoms with Crippen molar-refractivity contribution >= 4 is 17.7 Å². The highest BCUT2D eigenvalue weighted by atomic mass is 16.4. The van der Waals surface area contributed by atoms with Gasteiger partial charge in [-0.2, -0.15) is 5.26 Å². The molecule has 0 aromatic heterocycles. The van der Waals surface area contributed by atoms with Crippen molar-refractivity contribution in [2.45, 2.75) is 0 Å². The van der Waals surface area contributed by atoms with E-state index >= 15 is 0 Å². The zero-order valence-electron chi connectivity index (χ0n) is 12.0. The van der Waals surface area contributed by atoms with Crippen LogP contribution in [0.1, 0.15) is 5.56 Å². The molecule has 1 rings (SSSR count). The number of carboxylic acids is 1. The number of nitrogens with zero attached hydrogens (tertiary/aromatic N) is 3. The molecule has 1 aromatic rings. The molecule has 0 saturated carbocycles. The number of nitrogens with one attached hydrogen (secondary N) is 1. The number of hydrogen-bond acceptors (Lipinski definition) is 4. The van der Waals surface area contributed by atoms with Crippen molar-refractivity contribution in [2.24, 2.45) is 0 Å². The van der Waals surface area contributed by atoms with Crippen molar-refractivity contribution in [3.05, 3.63) is 29.8 Å². The number of hydrogen-bond donors (Lipinski definition) is 2. The van der Waals surface area contributed by atoms with E-state index in [1.807, 2.05) is 25.1 Å². The molecular weight excluding hydrogens is 272 g/mol. The van der Waals surface area contributed by atoms with Crippen LogP contribution in [0.25, 0.3) is 0 Å². The van der Waals surface area contributed by atoms with Gasteiger partial charge in [-0.25, -0.2) is 4.79 Å². The Balaban J connectivity index is 2.74. The SMILES string of the molecule is CN(C)CCN(CC(=O)O)C(=O)Nc1cccc(C#N)c1. The number of nitriles is 1. The number of aliphatic carboxylic acids is 1. The quantitative estimate of drug-likeness (QED) is 0.816. The number of carbonyl (C=O) groups is 2. The summed E-state index contributed by atoms with van der Waals surface area (Å²) in [6.07, 6.45) is 0. The fourth-order valence-electron chi connectivity index (χ4n) is 1.61. The van der Waals surface area contributed by atoms with Crippen LogP contribution >= 0.6 is 0 Å². The molecule has 0 spiro atoms. The van der Waals surface area contributed by atoms with E-state index in [1.54, 1.807) is 18.2 Å². The summed E-state index contributed by atoms with van der Waals surface area (Å²) in [6, 6.07) is 7.91. The van der Waals surface area contributed by atoms with Crippen molar-refractivity contribution < 1.29 is 14.7 Å². The standard InChI is InChI=1S/C14H18N4O3/c1-17(2)6-7-18(10-13(19)20)14(21)16-12-5-3-4-11(8-12)9-15/h3-5,8H,6-7,10H2,1-2H3,(H,16,21)(H,19,20). The Hall–Kier alpha value is -2.59. The van der Waals surface area contributed by atoms with E-state index in [0.717, 1.165) is 0 Å². The third-order valence-corrected chi connectivity index (χ3v) is 2.67. The van der Waals surface area contributed by atoms with Crippen LogP contribution in [-0.4, -0.2) is 60.6 Å². The van der Waals surface area contributed by atoms with E-state index in [4.69, 9.17) is 10.4 Å². The van der Waals surface area contributed by atoms with Gasteiger partial charge in [0, 0.05) is 18.8 Å². The number of benzene rings is 1. The summed E-state index contributed by atoms with van der Waals surface area (Å²) in [5.74, 6) is -1.07. The second-order valence-corrected chi connectivity index (χ2v) is 4.74. The van der Waals surface area contributed by atoms with Gasteiger partial charge in [0.25, 0.3) is 0 Å². The van der Waals surface area contributed by atoms with Gasteiger partial charge in [0.05, 0.1) is 11.6 Å². The van der Waals surface area contributed by atoms with Gasteiger partial charge in [0.15, 0.2) is 0 Å². The molecule has 1 aromatic carbocycles. The van der Waals surface area contributed by atoms with Gasteiger partial charge < -0.3 is 20.2 Å². The molecular formula is C14H18N4O3. The minimum absolute atomic E-state index is 0.295. The highest BCUT2D eigenvalue weighted by molar-refractivity contribution is 5.91. The predicted octanol–water partition coefficient (Wildman–Crippen LogP) is 1.04. The van der Waals surface area contributed by atoms with Gasteiger partial charge in [0.1, 0.15) is 6.54 Å². The minimum atomic E-state index is -1.07. The molecule has 112 valence electrons. The monoisotopic (exact) mass is 290 g/mol. The lowest BCUT2D eigenvalue weighted by Gasteiger charge is -2.23. The number of urea groups is 1. The molecule has 21 heavy (non-hydrogen) atoms. The normalized spacial score (nSPS) is 10.0. The molecule has 0 aliphatic rings. The molecule has 0 aliphatic heterocycles. The first-order valence-corrected chi connectivity index (χ1v) is 6.35. The highest BCUT2D eigenvalue weighted by Crippen LogP contribution is 2.10. The first-order chi connectivity index (χ1) is 9.92. The Morgan fingerprint density at radius 2 is 2.05 bits per heavy atom. The summed E-state index contributed by atoms with van der Waals surface area (Å²) in [7, 11) is 3.68. The summed E-state index contributed by atoms with van der Waals surface area (Å²) >= 11 is 0. The first kappa shape index (κ1) is 16.5. The van der Waals surface area contributed by atoms with E-state index in [-0.39, 0.29) is 6.54 Å². The second kappa shape index (κ2) is 7.87. The molecule has 0 unspecified atom stereocenters. The summed E-state index contributed by atoms with van der Waals surface area (Å²) in [5, 5.41) is 20.3. The molecule has 0 saturated heterocycles. The Morgan fingerprint density at radius 3 is 2.62 bits per heavy atom. The van der Waals surface area contributed by atoms with Gasteiger partial charge in [-0.05, 0) is 32.3 Å². The van der Waals surface area contributed by atoms with Crippen LogP contribution in [-0.2, 0) is 4.79 Å². The molecule has 0 bridgehead atoms. The maximum Gasteiger partial charge on any atom is 0.323 e. The zero-order chi connectivity index (χ0) is 15.8. The number of likely N-dealkylation sites (N-methyl/N-ethyl adjacent to an activating group) is 1. The Labute approximate surface area is 123 Å². The molecule has 0 aliphatic carbocycles. The fraction of sp³-hybridized carbons (Fsp3) is 0.357. The minimum Gasteiger partial charge on any atom is -0.480 e. The van der Waals surface area contributed by atoms with Crippen molar-refractivity contribution in [3.8, 4) is 6.07 Å². The van der Waals surface area contributed by atoms with E-state index in [2.05, 4.69) is 5.32 Å². The van der Waals surface area contributed by atoms with Crippen molar-refractivity contribution in [1.82, 2.24) is 9.80 Å². The molecule has 7 nitrogen and oxygen atoms in total. The Bertz CT molecular complexity index is 551. The molecule has 0 heterocycles. The molecule has 7 heteroatoms. The number of carboxylic acid groups (broad SMARTS) is 1. The van der Waals surface area contributed by atoms with E-state index in [9.17, 15) is 9.59 Å². The molecule has 0 fully saturated rings. The molecule has 2 N–H and O–H groups in total. The third-order valence-electron chi connectivity index (χ3n) is 2.67. The maximum absolute atomic E-state index is 12.1. The number of rotatable bonds is 6. The molecule has 0 radical (unpaired) electrons. The summed E-state index contributed by atoms with van der Waals surface area (Å²) in [4.78, 5) is 26.0. The van der Waals surface area contributed by atoms with Gasteiger partial charge >= 0.3 is 12.0 Å². The van der Waals surface area contributed by atoms with Gasteiger partial charge in [-0.15, -0.1) is 0 Å². The average molecular weight is 290 g/mol. The van der Waals surface area contributed by atoms with Gasteiger partial charge in [-0.1, -0.05) is 6.07 Å². The van der Waals surface area contributed by atoms with Crippen LogP contribution in [0.4, 0.5) is 10.5 Å². The smallest absolute Gasteiger partial charge is 0.323 e. The van der Waals surface area contributed by atoms with E-state index < -0.39 is 12.0 Å². The largest absolute Gasteiger partial charge is 0.480 e. The number of amides is 2. The summed E-state index contributed by atoms with van der Waals surface area (Å²) in [6.45, 7) is 0.472. The van der Waals surface area contributed by atoms with Crippen LogP contribution in [0.15, 0.2) is 24.3 Å². The lowest BCUT2D eigenvalue weighted by Crippen LogP contribution is -2.42. The zero-order valence-corrected chi connectivity index (χ0v) is 12.0. The lowest BCUT2D eigenvalue weighted by atomic mass is 10.2. The maximum atomic E-state index is 12.1. The predicted molar refractivity (Wildman–Crippen MR) is 77.9 cm³/mol. The topological polar surface area (TPSA) is 96.7 Å². The van der Waals surface area contributed by atoms with Crippen LogP contribution < -0.4 is 5.32 Å². The van der Waals surface area contributed by atoms with Gasteiger partial charge in [-0.3, -0.25) is 4.79 Å². The Kier molecular flexibility index (Phi) is 6.17. The van der Waals surface area contributed by atoms with Gasteiger partial charge in [0.2, 0.25) is 0 Å². The van der Waals surface area contributed by atoms with E-state index in [0.29, 0.717) is 24.3 Å². The third kappa shape index (κ3) is 5.93. The van der Waals surface area contributed by atoms with Crippen LogP contribution in [0.3, 0.4) is 0 Å². The van der Waals surface area contributed by atoms with Crippen molar-refractivity contribution in [1.29, 1.82) is 5.26 Å². The van der Waals surface area contributed by atoms with Crippen LogP contribution in [0.5, 0.6) is 0 Å². The fourth-order valence-corrected chi connectivity index (χ4v) is 1.61. The summed E-state index contributed by atoms with van der Waals surface area (Å²) in [5.41, 5.74) is 0.880. The van der Waals surface area contributed by atoms with E-state index in [1.165, 1.54) is 11.0 Å². The highest BCUT2D eigenvalue weighted by Gasteiger charge is 2.17. The number of carbonyl (C=O) groups excluding carboxylic acids is 1. The van der Waals surface area contributed by atoms with Crippen LogP contribution in [0, 0.1) is 11.3 Å². The second-order valence-electron chi connectivity index (χ2n) is 4.74. The average Bonchev–Trinajstić information content (AvgIpc) is 2.43. The summed E-state index contributed by atoms with van der Waals surface area (Å²) < 4.78 is 0.